The number of carbonyl (C=O) groups is 1. The average molecular weight is 408 g/mol. The Bertz CT molecular complexity index is 1070. The third-order valence-electron chi connectivity index (χ3n) is 4.90. The molecule has 30 heavy (non-hydrogen) atoms. The molecule has 0 radical (unpaired) electrons. The van der Waals surface area contributed by atoms with E-state index in [1.165, 1.54) is 12.1 Å². The Morgan fingerprint density at radius 3 is 2.67 bits per heavy atom. The van der Waals surface area contributed by atoms with Crippen LogP contribution in [0.2, 0.25) is 0 Å². The first-order valence-electron chi connectivity index (χ1n) is 9.45. The highest BCUT2D eigenvalue weighted by Gasteiger charge is 2.30. The Morgan fingerprint density at radius 2 is 1.97 bits per heavy atom. The number of benzene rings is 1. The van der Waals surface area contributed by atoms with Crippen molar-refractivity contribution >= 4 is 23.4 Å². The van der Waals surface area contributed by atoms with E-state index in [2.05, 4.69) is 25.6 Å². The molecule has 1 aliphatic rings. The molecule has 0 bridgehead atoms. The smallest absolute Gasteiger partial charge is 0.246 e. The number of carbonyl (C=O) groups excluding carboxylic acids is 1. The van der Waals surface area contributed by atoms with Crippen LogP contribution in [0.4, 0.5) is 21.8 Å². The minimum absolute atomic E-state index is 0.0774. The number of nitrogens with one attached hydrogen (secondary N) is 2. The lowest BCUT2D eigenvalue weighted by molar-refractivity contribution is -0.117. The van der Waals surface area contributed by atoms with Gasteiger partial charge in [-0.3, -0.25) is 4.79 Å². The fourth-order valence-corrected chi connectivity index (χ4v) is 3.01. The van der Waals surface area contributed by atoms with E-state index in [9.17, 15) is 9.18 Å². The fourth-order valence-electron chi connectivity index (χ4n) is 3.01. The van der Waals surface area contributed by atoms with Crippen LogP contribution in [-0.2, 0) is 11.3 Å². The van der Waals surface area contributed by atoms with Crippen LogP contribution < -0.4 is 20.3 Å². The van der Waals surface area contributed by atoms with Gasteiger partial charge < -0.3 is 20.3 Å². The molecule has 0 fully saturated rings. The average Bonchev–Trinajstić information content (AvgIpc) is 2.74. The normalized spacial score (nSPS) is 15.4. The lowest BCUT2D eigenvalue weighted by Gasteiger charge is -2.32. The van der Waals surface area contributed by atoms with E-state index in [1.807, 2.05) is 31.9 Å². The third-order valence-corrected chi connectivity index (χ3v) is 4.90. The number of halogens is 1. The van der Waals surface area contributed by atoms with Gasteiger partial charge in [-0.2, -0.15) is 4.98 Å². The quantitative estimate of drug-likeness (QED) is 0.667. The molecule has 8 nitrogen and oxygen atoms in total. The Hall–Kier alpha value is -3.75. The van der Waals surface area contributed by atoms with Crippen LogP contribution in [0.1, 0.15) is 18.2 Å². The number of ether oxygens (including phenoxy) is 1. The van der Waals surface area contributed by atoms with Gasteiger partial charge in [0.2, 0.25) is 17.7 Å². The molecular formula is C21H21FN6O2. The van der Waals surface area contributed by atoms with E-state index in [0.29, 0.717) is 41.3 Å². The highest BCUT2D eigenvalue weighted by atomic mass is 19.1. The van der Waals surface area contributed by atoms with Crippen LogP contribution in [-0.4, -0.2) is 33.9 Å². The molecule has 1 atom stereocenters. The molecule has 0 aliphatic carbocycles. The van der Waals surface area contributed by atoms with Gasteiger partial charge in [-0.15, -0.1) is 0 Å². The van der Waals surface area contributed by atoms with Crippen molar-refractivity contribution in [2.24, 2.45) is 0 Å². The van der Waals surface area contributed by atoms with Crippen molar-refractivity contribution < 1.29 is 13.9 Å². The Labute approximate surface area is 173 Å². The highest BCUT2D eigenvalue weighted by molar-refractivity contribution is 6.03. The van der Waals surface area contributed by atoms with Gasteiger partial charge in [-0.05, 0) is 43.7 Å². The number of hydrogen-bond acceptors (Lipinski definition) is 7. The molecule has 1 amide bonds. The molecule has 0 spiro atoms. The number of amides is 1. The fraction of sp³-hybridized carbons (Fsp3) is 0.238. The molecule has 2 aromatic heterocycles. The maximum Gasteiger partial charge on any atom is 0.246 e. The molecular weight excluding hydrogens is 387 g/mol. The summed E-state index contributed by atoms with van der Waals surface area (Å²) in [5.74, 6) is 1.67. The molecule has 1 aliphatic heterocycles. The van der Waals surface area contributed by atoms with Gasteiger partial charge >= 0.3 is 0 Å². The van der Waals surface area contributed by atoms with Gasteiger partial charge in [0.25, 0.3) is 0 Å². The second-order valence-corrected chi connectivity index (χ2v) is 7.02. The van der Waals surface area contributed by atoms with Gasteiger partial charge in [0.05, 0.1) is 5.69 Å². The van der Waals surface area contributed by atoms with Crippen molar-refractivity contribution in [1.29, 1.82) is 0 Å². The molecule has 0 saturated heterocycles. The molecule has 3 heterocycles. The summed E-state index contributed by atoms with van der Waals surface area (Å²) < 4.78 is 18.6. The second-order valence-electron chi connectivity index (χ2n) is 7.02. The van der Waals surface area contributed by atoms with Crippen molar-refractivity contribution in [3.8, 4) is 11.6 Å². The summed E-state index contributed by atoms with van der Waals surface area (Å²) >= 11 is 0. The molecule has 0 saturated carbocycles. The van der Waals surface area contributed by atoms with E-state index in [4.69, 9.17) is 4.74 Å². The van der Waals surface area contributed by atoms with Crippen molar-refractivity contribution in [2.75, 3.05) is 22.6 Å². The van der Waals surface area contributed by atoms with Crippen LogP contribution >= 0.6 is 0 Å². The lowest BCUT2D eigenvalue weighted by atomic mass is 10.2. The SMILES string of the molecule is Cc1nc(NCc2ccc(Oc3ccc(F)cc3)nc2)nc2c1NC(=O)C(C)N2C. The van der Waals surface area contributed by atoms with E-state index in [-0.39, 0.29) is 17.8 Å². The summed E-state index contributed by atoms with van der Waals surface area (Å²) in [4.78, 5) is 27.1. The van der Waals surface area contributed by atoms with Gasteiger partial charge in [-0.25, -0.2) is 14.4 Å². The van der Waals surface area contributed by atoms with Crippen LogP contribution in [0.5, 0.6) is 11.6 Å². The van der Waals surface area contributed by atoms with Gasteiger partial charge in [0, 0.05) is 25.9 Å². The topological polar surface area (TPSA) is 92.3 Å². The Balaban J connectivity index is 1.43. The van der Waals surface area contributed by atoms with Crippen LogP contribution in [0, 0.1) is 12.7 Å². The molecule has 154 valence electrons. The van der Waals surface area contributed by atoms with E-state index in [0.717, 1.165) is 5.56 Å². The Kier molecular flexibility index (Phi) is 5.18. The van der Waals surface area contributed by atoms with Crippen LogP contribution in [0.25, 0.3) is 0 Å². The number of hydrogen-bond donors (Lipinski definition) is 2. The minimum atomic E-state index is -0.320. The second kappa shape index (κ2) is 7.94. The number of pyridine rings is 1. The first kappa shape index (κ1) is 19.6. The van der Waals surface area contributed by atoms with Crippen molar-refractivity contribution in [2.45, 2.75) is 26.4 Å². The van der Waals surface area contributed by atoms with Gasteiger partial charge in [0.15, 0.2) is 5.82 Å². The highest BCUT2D eigenvalue weighted by Crippen LogP contribution is 2.32. The number of nitrogens with zero attached hydrogens (tertiary/aromatic N) is 4. The van der Waals surface area contributed by atoms with Gasteiger partial charge in [0.1, 0.15) is 23.3 Å². The summed E-state index contributed by atoms with van der Waals surface area (Å²) in [5.41, 5.74) is 2.24. The van der Waals surface area contributed by atoms with E-state index >= 15 is 0 Å². The number of aryl methyl sites for hydroxylation is 1. The largest absolute Gasteiger partial charge is 0.439 e. The predicted molar refractivity (Wildman–Crippen MR) is 111 cm³/mol. The van der Waals surface area contributed by atoms with Gasteiger partial charge in [-0.1, -0.05) is 6.07 Å². The number of fused-ring (bicyclic) bond motifs is 1. The Morgan fingerprint density at radius 1 is 1.20 bits per heavy atom. The summed E-state index contributed by atoms with van der Waals surface area (Å²) in [6.45, 7) is 4.12. The maximum atomic E-state index is 13.0. The molecule has 1 aromatic carbocycles. The summed E-state index contributed by atoms with van der Waals surface area (Å²) in [6.07, 6.45) is 1.69. The number of aromatic nitrogens is 3. The molecule has 3 aromatic rings. The molecule has 2 N–H and O–H groups in total. The number of likely N-dealkylation sites (N-methyl/N-ethyl adjacent to an activating group) is 1. The first-order valence-corrected chi connectivity index (χ1v) is 9.45. The maximum absolute atomic E-state index is 13.0. The van der Waals surface area contributed by atoms with E-state index in [1.54, 1.807) is 24.4 Å². The molecule has 4 rings (SSSR count). The van der Waals surface area contributed by atoms with Crippen LogP contribution in [0.3, 0.4) is 0 Å². The summed E-state index contributed by atoms with van der Waals surface area (Å²) in [7, 11) is 1.84. The zero-order valence-electron chi connectivity index (χ0n) is 16.8. The summed E-state index contributed by atoms with van der Waals surface area (Å²) in [5, 5.41) is 6.05. The van der Waals surface area contributed by atoms with Crippen molar-refractivity contribution in [3.63, 3.8) is 0 Å². The molecule has 9 heteroatoms. The predicted octanol–water partition coefficient (Wildman–Crippen LogP) is 3.50. The minimum Gasteiger partial charge on any atom is -0.439 e. The molecule has 1 unspecified atom stereocenters. The summed E-state index contributed by atoms with van der Waals surface area (Å²) in [6, 6.07) is 9.06. The standard InChI is InChI=1S/C21H21FN6O2/c1-12-18-19(28(3)13(2)20(29)26-18)27-21(25-12)24-11-14-4-9-17(23-10-14)30-16-7-5-15(22)6-8-16/h4-10,13H,11H2,1-3H3,(H,26,29)(H,24,25,27). The number of rotatable bonds is 5. The van der Waals surface area contributed by atoms with E-state index < -0.39 is 0 Å². The zero-order valence-corrected chi connectivity index (χ0v) is 16.8. The monoisotopic (exact) mass is 408 g/mol. The lowest BCUT2D eigenvalue weighted by Crippen LogP contribution is -2.44. The van der Waals surface area contributed by atoms with Crippen LogP contribution in [0.15, 0.2) is 42.6 Å². The van der Waals surface area contributed by atoms with Crippen molar-refractivity contribution in [3.05, 3.63) is 59.7 Å². The first-order chi connectivity index (χ1) is 14.4. The zero-order chi connectivity index (χ0) is 21.3. The number of anilines is 3. The van der Waals surface area contributed by atoms with Crippen molar-refractivity contribution in [1.82, 2.24) is 15.0 Å². The third kappa shape index (κ3) is 4.00.